The molecule has 102 valence electrons. The van der Waals surface area contributed by atoms with Crippen LogP contribution in [0.4, 0.5) is 10.1 Å². The van der Waals surface area contributed by atoms with Crippen molar-refractivity contribution in [2.24, 2.45) is 10.7 Å². The molecule has 2 heterocycles. The molecule has 0 radical (unpaired) electrons. The molecule has 0 aliphatic carbocycles. The molecule has 1 spiro atoms. The average Bonchev–Trinajstić information content (AvgIpc) is 2.73. The van der Waals surface area contributed by atoms with Gasteiger partial charge >= 0.3 is 0 Å². The van der Waals surface area contributed by atoms with Crippen molar-refractivity contribution in [1.29, 1.82) is 0 Å². The van der Waals surface area contributed by atoms with Crippen LogP contribution in [0.2, 0.25) is 0 Å². The van der Waals surface area contributed by atoms with E-state index in [1.807, 2.05) is 22.7 Å². The topological polar surface area (TPSA) is 41.6 Å². The predicted molar refractivity (Wildman–Crippen MR) is 79.3 cm³/mol. The van der Waals surface area contributed by atoms with Crippen LogP contribution in [0.25, 0.3) is 0 Å². The Balaban J connectivity index is 2.06. The second kappa shape index (κ2) is 4.71. The summed E-state index contributed by atoms with van der Waals surface area (Å²) in [4.78, 5) is 6.33. The molecule has 2 aliphatic heterocycles. The lowest BCUT2D eigenvalue weighted by atomic mass is 9.88. The summed E-state index contributed by atoms with van der Waals surface area (Å²) in [5.41, 5.74) is 6.44. The average molecular weight is 279 g/mol. The van der Waals surface area contributed by atoms with Crippen molar-refractivity contribution >= 4 is 23.4 Å². The second-order valence-electron chi connectivity index (χ2n) is 5.18. The number of aliphatic imine (C=N–C) groups is 1. The van der Waals surface area contributed by atoms with E-state index in [0.29, 0.717) is 23.4 Å². The first-order valence-corrected chi connectivity index (χ1v) is 7.66. The molecule has 1 aromatic rings. The maximum absolute atomic E-state index is 14.1. The van der Waals surface area contributed by atoms with Gasteiger partial charge in [0.05, 0.1) is 17.8 Å². The van der Waals surface area contributed by atoms with E-state index in [9.17, 15) is 4.39 Å². The number of benzene rings is 1. The van der Waals surface area contributed by atoms with Crippen LogP contribution < -0.4 is 10.6 Å². The first kappa shape index (κ1) is 12.8. The van der Waals surface area contributed by atoms with E-state index in [4.69, 9.17) is 5.73 Å². The van der Waals surface area contributed by atoms with Crippen LogP contribution in [0.3, 0.4) is 0 Å². The number of hydrogen-bond acceptors (Lipinski definition) is 4. The maximum atomic E-state index is 14.1. The zero-order valence-corrected chi connectivity index (χ0v) is 11.8. The Morgan fingerprint density at radius 2 is 2.26 bits per heavy atom. The highest BCUT2D eigenvalue weighted by Gasteiger charge is 2.49. The van der Waals surface area contributed by atoms with Crippen molar-refractivity contribution in [1.82, 2.24) is 0 Å². The highest BCUT2D eigenvalue weighted by Crippen LogP contribution is 2.43. The molecule has 1 aromatic carbocycles. The van der Waals surface area contributed by atoms with Gasteiger partial charge in [-0.2, -0.15) is 11.8 Å². The monoisotopic (exact) mass is 279 g/mol. The van der Waals surface area contributed by atoms with Gasteiger partial charge in [0.15, 0.2) is 5.96 Å². The zero-order valence-electron chi connectivity index (χ0n) is 11.0. The second-order valence-corrected chi connectivity index (χ2v) is 6.63. The number of rotatable bonds is 1. The van der Waals surface area contributed by atoms with E-state index in [1.165, 1.54) is 6.07 Å². The van der Waals surface area contributed by atoms with E-state index in [2.05, 4.69) is 11.9 Å². The summed E-state index contributed by atoms with van der Waals surface area (Å²) in [6.07, 6.45) is 2.14. The van der Waals surface area contributed by atoms with Crippen LogP contribution in [0.5, 0.6) is 0 Å². The Kier molecular flexibility index (Phi) is 3.17. The van der Waals surface area contributed by atoms with Crippen LogP contribution in [0, 0.1) is 5.82 Å². The fourth-order valence-electron chi connectivity index (χ4n) is 3.08. The van der Waals surface area contributed by atoms with E-state index in [-0.39, 0.29) is 11.4 Å². The minimum absolute atomic E-state index is 0.158. The van der Waals surface area contributed by atoms with E-state index >= 15 is 0 Å². The highest BCUT2D eigenvalue weighted by molar-refractivity contribution is 8.00. The number of nitrogens with two attached hydrogens (primary N) is 1. The van der Waals surface area contributed by atoms with Crippen molar-refractivity contribution in [3.05, 3.63) is 30.1 Å². The van der Waals surface area contributed by atoms with Crippen molar-refractivity contribution in [2.75, 3.05) is 17.2 Å². The molecule has 1 fully saturated rings. The SMILES string of the molecule is CC1SCCCC12CN=C(N)N2c1ccccc1F. The minimum Gasteiger partial charge on any atom is -0.369 e. The van der Waals surface area contributed by atoms with Gasteiger partial charge in [-0.25, -0.2) is 4.39 Å². The molecule has 0 aromatic heterocycles. The van der Waals surface area contributed by atoms with Crippen molar-refractivity contribution in [2.45, 2.75) is 30.6 Å². The summed E-state index contributed by atoms with van der Waals surface area (Å²) in [5.74, 6) is 1.37. The van der Waals surface area contributed by atoms with Gasteiger partial charge in [-0.05, 0) is 30.7 Å². The summed E-state index contributed by atoms with van der Waals surface area (Å²) in [6.45, 7) is 2.87. The molecular formula is C14H18FN3S. The van der Waals surface area contributed by atoms with Gasteiger partial charge in [0.1, 0.15) is 5.82 Å². The lowest BCUT2D eigenvalue weighted by Gasteiger charge is -2.46. The lowest BCUT2D eigenvalue weighted by molar-refractivity contribution is 0.401. The van der Waals surface area contributed by atoms with Crippen molar-refractivity contribution in [3.63, 3.8) is 0 Å². The van der Waals surface area contributed by atoms with Gasteiger partial charge in [-0.15, -0.1) is 0 Å². The molecule has 2 N–H and O–H groups in total. The molecule has 3 rings (SSSR count). The van der Waals surface area contributed by atoms with Gasteiger partial charge < -0.3 is 10.6 Å². The molecule has 2 aliphatic rings. The van der Waals surface area contributed by atoms with Crippen LogP contribution in [0.15, 0.2) is 29.3 Å². The fraction of sp³-hybridized carbons (Fsp3) is 0.500. The molecular weight excluding hydrogens is 261 g/mol. The first-order valence-electron chi connectivity index (χ1n) is 6.61. The standard InChI is InChI=1S/C14H18FN3S/c1-10-14(7-4-8-19-10)9-17-13(16)18(14)12-6-3-2-5-11(12)15/h2-3,5-6,10H,4,7-9H2,1H3,(H2,16,17). The number of anilines is 1. The van der Waals surface area contributed by atoms with E-state index < -0.39 is 0 Å². The summed E-state index contributed by atoms with van der Waals surface area (Å²) >= 11 is 1.93. The van der Waals surface area contributed by atoms with Gasteiger partial charge in [-0.3, -0.25) is 4.99 Å². The minimum atomic E-state index is -0.232. The molecule has 5 heteroatoms. The number of guanidine groups is 1. The quantitative estimate of drug-likeness (QED) is 0.859. The summed E-state index contributed by atoms with van der Waals surface area (Å²) < 4.78 is 14.1. The molecule has 19 heavy (non-hydrogen) atoms. The number of para-hydroxylation sites is 1. The highest BCUT2D eigenvalue weighted by atomic mass is 32.2. The zero-order chi connectivity index (χ0) is 13.5. The number of hydrogen-bond donors (Lipinski definition) is 1. The van der Waals surface area contributed by atoms with E-state index in [1.54, 1.807) is 12.1 Å². The summed E-state index contributed by atoms with van der Waals surface area (Å²) in [6, 6.07) is 6.82. The van der Waals surface area contributed by atoms with Gasteiger partial charge in [0, 0.05) is 5.25 Å². The van der Waals surface area contributed by atoms with Gasteiger partial charge in [-0.1, -0.05) is 19.1 Å². The molecule has 3 nitrogen and oxygen atoms in total. The summed E-state index contributed by atoms with van der Waals surface area (Å²) in [7, 11) is 0. The van der Waals surface area contributed by atoms with E-state index in [0.717, 1.165) is 18.6 Å². The molecule has 0 bridgehead atoms. The lowest BCUT2D eigenvalue weighted by Crippen LogP contribution is -2.59. The molecule has 2 atom stereocenters. The van der Waals surface area contributed by atoms with Gasteiger partial charge in [0.2, 0.25) is 0 Å². The van der Waals surface area contributed by atoms with Crippen LogP contribution in [0.1, 0.15) is 19.8 Å². The Hall–Kier alpha value is -1.23. The molecule has 2 unspecified atom stereocenters. The van der Waals surface area contributed by atoms with Crippen molar-refractivity contribution < 1.29 is 4.39 Å². The van der Waals surface area contributed by atoms with Crippen molar-refractivity contribution in [3.8, 4) is 0 Å². The third kappa shape index (κ3) is 1.91. The Bertz CT molecular complexity index is 519. The Morgan fingerprint density at radius 3 is 3.00 bits per heavy atom. The summed E-state index contributed by atoms with van der Waals surface area (Å²) in [5, 5.41) is 0.394. The predicted octanol–water partition coefficient (Wildman–Crippen LogP) is 2.61. The molecule has 0 amide bonds. The first-order chi connectivity index (χ1) is 9.15. The third-order valence-electron chi connectivity index (χ3n) is 4.16. The normalized spacial score (nSPS) is 30.7. The third-order valence-corrected chi connectivity index (χ3v) is 5.62. The van der Waals surface area contributed by atoms with Crippen LogP contribution in [-0.4, -0.2) is 29.0 Å². The number of halogens is 1. The van der Waals surface area contributed by atoms with Crippen LogP contribution >= 0.6 is 11.8 Å². The smallest absolute Gasteiger partial charge is 0.196 e. The fourth-order valence-corrected chi connectivity index (χ4v) is 4.35. The Morgan fingerprint density at radius 1 is 1.47 bits per heavy atom. The van der Waals surface area contributed by atoms with Gasteiger partial charge in [0.25, 0.3) is 0 Å². The van der Waals surface area contributed by atoms with Crippen LogP contribution in [-0.2, 0) is 0 Å². The largest absolute Gasteiger partial charge is 0.369 e. The number of nitrogens with zero attached hydrogens (tertiary/aromatic N) is 2. The number of thioether (sulfide) groups is 1. The molecule has 1 saturated heterocycles. The maximum Gasteiger partial charge on any atom is 0.196 e. The Labute approximate surface area is 117 Å². The molecule has 0 saturated carbocycles.